The Bertz CT molecular complexity index is 478. The van der Waals surface area contributed by atoms with Crippen molar-refractivity contribution in [2.45, 2.75) is 25.4 Å². The Balaban J connectivity index is 1.92. The van der Waals surface area contributed by atoms with Crippen molar-refractivity contribution in [3.05, 3.63) is 29.8 Å². The van der Waals surface area contributed by atoms with E-state index in [2.05, 4.69) is 6.07 Å². The van der Waals surface area contributed by atoms with Crippen molar-refractivity contribution in [1.29, 1.82) is 5.26 Å². The van der Waals surface area contributed by atoms with Crippen molar-refractivity contribution >= 4 is 6.09 Å². The van der Waals surface area contributed by atoms with Crippen LogP contribution in [0.3, 0.4) is 0 Å². The van der Waals surface area contributed by atoms with Crippen molar-refractivity contribution in [1.82, 2.24) is 4.90 Å². The van der Waals surface area contributed by atoms with E-state index in [1.807, 2.05) is 0 Å². The minimum atomic E-state index is -0.862. The molecule has 1 fully saturated rings. The van der Waals surface area contributed by atoms with E-state index in [0.29, 0.717) is 25.1 Å². The normalized spacial score (nSPS) is 19.3. The molecule has 19 heavy (non-hydrogen) atoms. The molecule has 1 heterocycles. The zero-order valence-corrected chi connectivity index (χ0v) is 10.6. The predicted molar refractivity (Wildman–Crippen MR) is 69.0 cm³/mol. The molecular weight excluding hydrogens is 244 g/mol. The highest BCUT2D eigenvalue weighted by atomic mass is 16.5. The summed E-state index contributed by atoms with van der Waals surface area (Å²) in [4.78, 5) is 12.3. The number of benzene rings is 1. The number of likely N-dealkylation sites (tertiary alicyclic amines) is 1. The Kier molecular flexibility index (Phi) is 4.24. The van der Waals surface area contributed by atoms with Gasteiger partial charge < -0.3 is 14.7 Å². The lowest BCUT2D eigenvalue weighted by Gasteiger charge is -2.18. The van der Waals surface area contributed by atoms with Crippen LogP contribution in [0.4, 0.5) is 4.79 Å². The van der Waals surface area contributed by atoms with E-state index in [0.717, 1.165) is 18.6 Å². The van der Waals surface area contributed by atoms with Crippen molar-refractivity contribution in [3.8, 4) is 11.8 Å². The molecule has 1 aliphatic rings. The van der Waals surface area contributed by atoms with Gasteiger partial charge >= 0.3 is 6.09 Å². The number of carbonyl (C=O) groups is 1. The summed E-state index contributed by atoms with van der Waals surface area (Å²) in [6, 6.07) is 9.05. The second-order valence-electron chi connectivity index (χ2n) is 4.58. The van der Waals surface area contributed by atoms with Crippen LogP contribution in [-0.2, 0) is 0 Å². The zero-order chi connectivity index (χ0) is 13.7. The Morgan fingerprint density at radius 3 is 2.68 bits per heavy atom. The number of nitriles is 1. The third-order valence-corrected chi connectivity index (χ3v) is 3.23. The van der Waals surface area contributed by atoms with Gasteiger partial charge in [0, 0.05) is 19.5 Å². The molecule has 0 radical (unpaired) electrons. The Morgan fingerprint density at radius 1 is 1.32 bits per heavy atom. The summed E-state index contributed by atoms with van der Waals surface area (Å²) in [5, 5.41) is 17.7. The molecule has 0 aliphatic carbocycles. The number of nitrogens with zero attached hydrogens (tertiary/aromatic N) is 2. The number of carboxylic acid groups (broad SMARTS) is 1. The van der Waals surface area contributed by atoms with Crippen molar-refractivity contribution < 1.29 is 14.6 Å². The number of hydrogen-bond acceptors (Lipinski definition) is 3. The molecule has 1 aromatic carbocycles. The maximum Gasteiger partial charge on any atom is 0.407 e. The average molecular weight is 260 g/mol. The van der Waals surface area contributed by atoms with E-state index in [4.69, 9.17) is 15.1 Å². The molecule has 1 amide bonds. The smallest absolute Gasteiger partial charge is 0.407 e. The summed E-state index contributed by atoms with van der Waals surface area (Å²) in [5.74, 6) is 0.729. The molecule has 0 spiro atoms. The molecule has 1 atom stereocenters. The molecule has 1 aromatic rings. The molecule has 5 nitrogen and oxygen atoms in total. The molecule has 1 aliphatic heterocycles. The molecule has 2 rings (SSSR count). The summed E-state index contributed by atoms with van der Waals surface area (Å²) in [6.45, 7) is 1.08. The highest BCUT2D eigenvalue weighted by Crippen LogP contribution is 2.19. The van der Waals surface area contributed by atoms with Crippen LogP contribution in [-0.4, -0.2) is 35.3 Å². The Morgan fingerprint density at radius 2 is 2.05 bits per heavy atom. The van der Waals surface area contributed by atoms with Crippen LogP contribution < -0.4 is 4.74 Å². The first-order valence-corrected chi connectivity index (χ1v) is 6.34. The minimum Gasteiger partial charge on any atom is -0.490 e. The van der Waals surface area contributed by atoms with Gasteiger partial charge in [-0.3, -0.25) is 0 Å². The number of ether oxygens (including phenoxy) is 1. The Hall–Kier alpha value is -2.22. The summed E-state index contributed by atoms with van der Waals surface area (Å²) < 4.78 is 5.83. The maximum absolute atomic E-state index is 10.9. The molecule has 0 bridgehead atoms. The summed E-state index contributed by atoms with van der Waals surface area (Å²) in [7, 11) is 0. The van der Waals surface area contributed by atoms with Gasteiger partial charge in [0.1, 0.15) is 11.9 Å². The lowest BCUT2D eigenvalue weighted by molar-refractivity contribution is 0.142. The van der Waals surface area contributed by atoms with Crippen LogP contribution in [0.25, 0.3) is 0 Å². The zero-order valence-electron chi connectivity index (χ0n) is 10.6. The fourth-order valence-corrected chi connectivity index (χ4v) is 2.18. The van der Waals surface area contributed by atoms with E-state index >= 15 is 0 Å². The monoisotopic (exact) mass is 260 g/mol. The van der Waals surface area contributed by atoms with Crippen LogP contribution in [0.5, 0.6) is 5.75 Å². The third-order valence-electron chi connectivity index (χ3n) is 3.23. The van der Waals surface area contributed by atoms with Crippen LogP contribution in [0.15, 0.2) is 24.3 Å². The van der Waals surface area contributed by atoms with E-state index in [9.17, 15) is 4.79 Å². The van der Waals surface area contributed by atoms with Gasteiger partial charge in [-0.05, 0) is 37.1 Å². The first-order chi connectivity index (χ1) is 9.19. The van der Waals surface area contributed by atoms with Gasteiger partial charge in [0.25, 0.3) is 0 Å². The maximum atomic E-state index is 10.9. The van der Waals surface area contributed by atoms with Crippen LogP contribution in [0, 0.1) is 11.3 Å². The first-order valence-electron chi connectivity index (χ1n) is 6.34. The highest BCUT2D eigenvalue weighted by Gasteiger charge is 2.20. The van der Waals surface area contributed by atoms with Gasteiger partial charge in [-0.2, -0.15) is 5.26 Å². The molecule has 1 unspecified atom stereocenters. The minimum absolute atomic E-state index is 0.0392. The van der Waals surface area contributed by atoms with E-state index < -0.39 is 6.09 Å². The topological polar surface area (TPSA) is 73.6 Å². The van der Waals surface area contributed by atoms with Gasteiger partial charge in [0.2, 0.25) is 0 Å². The summed E-state index contributed by atoms with van der Waals surface area (Å²) in [5.41, 5.74) is 0.602. The van der Waals surface area contributed by atoms with Gasteiger partial charge in [0.15, 0.2) is 0 Å². The fraction of sp³-hybridized carbons (Fsp3) is 0.429. The van der Waals surface area contributed by atoms with Gasteiger partial charge in [-0.15, -0.1) is 0 Å². The van der Waals surface area contributed by atoms with Gasteiger partial charge in [0.05, 0.1) is 11.6 Å². The summed E-state index contributed by atoms with van der Waals surface area (Å²) >= 11 is 0. The predicted octanol–water partition coefficient (Wildman–Crippen LogP) is 2.47. The first kappa shape index (κ1) is 13.2. The number of amides is 1. The highest BCUT2D eigenvalue weighted by molar-refractivity contribution is 5.64. The second kappa shape index (κ2) is 6.10. The molecule has 100 valence electrons. The van der Waals surface area contributed by atoms with Gasteiger partial charge in [-0.1, -0.05) is 0 Å². The van der Waals surface area contributed by atoms with Gasteiger partial charge in [-0.25, -0.2) is 4.79 Å². The fourth-order valence-electron chi connectivity index (χ4n) is 2.18. The molecule has 1 saturated heterocycles. The number of hydrogen-bond donors (Lipinski definition) is 1. The number of rotatable bonds is 2. The average Bonchev–Trinajstić information content (AvgIpc) is 2.65. The lowest BCUT2D eigenvalue weighted by Crippen LogP contribution is -2.30. The van der Waals surface area contributed by atoms with Crippen LogP contribution in [0.1, 0.15) is 24.8 Å². The van der Waals surface area contributed by atoms with E-state index in [1.165, 1.54) is 4.90 Å². The third kappa shape index (κ3) is 3.62. The standard InChI is InChI=1S/C14H16N2O3/c15-10-11-3-5-13(6-4-11)19-12-2-1-8-16(9-7-12)14(17)18/h3-6,12H,1-2,7-9H2,(H,17,18). The van der Waals surface area contributed by atoms with E-state index in [1.54, 1.807) is 24.3 Å². The molecule has 5 heteroatoms. The second-order valence-corrected chi connectivity index (χ2v) is 4.58. The summed E-state index contributed by atoms with van der Waals surface area (Å²) in [6.07, 6.45) is 1.54. The van der Waals surface area contributed by atoms with Crippen LogP contribution >= 0.6 is 0 Å². The quantitative estimate of drug-likeness (QED) is 0.886. The van der Waals surface area contributed by atoms with Crippen molar-refractivity contribution in [2.75, 3.05) is 13.1 Å². The largest absolute Gasteiger partial charge is 0.490 e. The molecule has 1 N–H and O–H groups in total. The van der Waals surface area contributed by atoms with Crippen LogP contribution in [0.2, 0.25) is 0 Å². The Labute approximate surface area is 112 Å². The molecule has 0 saturated carbocycles. The molecule has 0 aromatic heterocycles. The van der Waals surface area contributed by atoms with Crippen molar-refractivity contribution in [3.63, 3.8) is 0 Å². The SMILES string of the molecule is N#Cc1ccc(OC2CCCN(C(=O)O)CC2)cc1. The van der Waals surface area contributed by atoms with Crippen molar-refractivity contribution in [2.24, 2.45) is 0 Å². The van der Waals surface area contributed by atoms with E-state index in [-0.39, 0.29) is 6.10 Å². The lowest BCUT2D eigenvalue weighted by atomic mass is 10.1. The molecular formula is C14H16N2O3.